The van der Waals surface area contributed by atoms with Gasteiger partial charge in [0.25, 0.3) is 15.9 Å². The van der Waals surface area contributed by atoms with E-state index in [4.69, 9.17) is 5.73 Å². The number of sulfonamides is 1. The summed E-state index contributed by atoms with van der Waals surface area (Å²) in [7, 11) is -3.84. The third-order valence-corrected chi connectivity index (χ3v) is 6.62. The van der Waals surface area contributed by atoms with Crippen molar-refractivity contribution in [2.45, 2.75) is 17.7 Å². The molecule has 0 aliphatic carbocycles. The van der Waals surface area contributed by atoms with Crippen LogP contribution >= 0.6 is 15.9 Å². The van der Waals surface area contributed by atoms with Crippen LogP contribution in [0.1, 0.15) is 23.2 Å². The molecule has 1 saturated heterocycles. The van der Waals surface area contributed by atoms with E-state index in [1.807, 2.05) is 0 Å². The Kier molecular flexibility index (Phi) is 6.04. The number of carbonyl (C=O) groups excluding carboxylic acids is 2. The summed E-state index contributed by atoms with van der Waals surface area (Å²) in [5, 5.41) is 0. The second-order valence-corrected chi connectivity index (χ2v) is 9.17. The molecule has 7 nitrogen and oxygen atoms in total. The fourth-order valence-corrected chi connectivity index (χ4v) is 4.46. The molecule has 148 valence electrons. The number of amides is 2. The van der Waals surface area contributed by atoms with Crippen LogP contribution in [-0.2, 0) is 14.8 Å². The number of benzene rings is 2. The summed E-state index contributed by atoms with van der Waals surface area (Å²) < 4.78 is 28.6. The highest BCUT2D eigenvalue weighted by molar-refractivity contribution is 9.10. The Balaban J connectivity index is 1.80. The minimum Gasteiger partial charge on any atom is -0.369 e. The molecule has 2 amide bonds. The number of piperidine rings is 1. The van der Waals surface area contributed by atoms with Gasteiger partial charge in [0, 0.05) is 23.5 Å². The molecular formula is C19H20BrN3O4S. The van der Waals surface area contributed by atoms with Crippen LogP contribution < -0.4 is 10.5 Å². The number of nitrogens with one attached hydrogen (secondary N) is 1. The van der Waals surface area contributed by atoms with Gasteiger partial charge in [-0.1, -0.05) is 28.1 Å². The van der Waals surface area contributed by atoms with Crippen LogP contribution in [0, 0.1) is 5.92 Å². The average Bonchev–Trinajstić information content (AvgIpc) is 2.68. The normalized spacial score (nSPS) is 15.2. The first-order valence-electron chi connectivity index (χ1n) is 8.74. The molecule has 0 unspecified atom stereocenters. The number of rotatable bonds is 5. The van der Waals surface area contributed by atoms with E-state index in [1.165, 1.54) is 12.1 Å². The molecule has 0 aromatic heterocycles. The minimum atomic E-state index is -3.84. The van der Waals surface area contributed by atoms with Gasteiger partial charge in [-0.25, -0.2) is 8.42 Å². The number of hydrogen-bond acceptors (Lipinski definition) is 4. The third kappa shape index (κ3) is 4.53. The Labute approximate surface area is 172 Å². The predicted octanol–water partition coefficient (Wildman–Crippen LogP) is 2.59. The summed E-state index contributed by atoms with van der Waals surface area (Å²) in [5.41, 5.74) is 5.82. The molecule has 0 spiro atoms. The first-order valence-corrected chi connectivity index (χ1v) is 11.0. The smallest absolute Gasteiger partial charge is 0.261 e. The predicted molar refractivity (Wildman–Crippen MR) is 109 cm³/mol. The van der Waals surface area contributed by atoms with Crippen molar-refractivity contribution in [3.63, 3.8) is 0 Å². The molecule has 1 fully saturated rings. The molecule has 9 heteroatoms. The van der Waals surface area contributed by atoms with Crippen molar-refractivity contribution in [2.75, 3.05) is 17.8 Å². The number of hydrogen-bond donors (Lipinski definition) is 2. The monoisotopic (exact) mass is 465 g/mol. The molecule has 2 aromatic carbocycles. The molecular weight excluding hydrogens is 446 g/mol. The molecule has 1 aliphatic heterocycles. The largest absolute Gasteiger partial charge is 0.369 e. The van der Waals surface area contributed by atoms with Crippen LogP contribution in [0.4, 0.5) is 5.69 Å². The first-order chi connectivity index (χ1) is 13.3. The van der Waals surface area contributed by atoms with E-state index in [0.29, 0.717) is 25.9 Å². The van der Waals surface area contributed by atoms with Gasteiger partial charge in [-0.15, -0.1) is 0 Å². The molecule has 0 radical (unpaired) electrons. The summed E-state index contributed by atoms with van der Waals surface area (Å²) in [4.78, 5) is 26.0. The maximum absolute atomic E-state index is 12.9. The lowest BCUT2D eigenvalue weighted by Gasteiger charge is -2.31. The van der Waals surface area contributed by atoms with E-state index in [0.717, 1.165) is 4.47 Å². The lowest BCUT2D eigenvalue weighted by molar-refractivity contribution is -0.123. The molecule has 3 rings (SSSR count). The summed E-state index contributed by atoms with van der Waals surface area (Å²) in [5.74, 6) is -0.859. The number of carbonyl (C=O) groups is 2. The number of nitrogens with zero attached hydrogens (tertiary/aromatic N) is 1. The van der Waals surface area contributed by atoms with E-state index in [-0.39, 0.29) is 33.9 Å². The van der Waals surface area contributed by atoms with Gasteiger partial charge in [0.1, 0.15) is 0 Å². The minimum absolute atomic E-state index is 0.0974. The van der Waals surface area contributed by atoms with Crippen molar-refractivity contribution in [2.24, 2.45) is 11.7 Å². The Morgan fingerprint density at radius 2 is 1.64 bits per heavy atom. The zero-order valence-corrected chi connectivity index (χ0v) is 17.4. The Hall–Kier alpha value is -2.39. The maximum atomic E-state index is 12.9. The van der Waals surface area contributed by atoms with Crippen molar-refractivity contribution in [1.29, 1.82) is 0 Å². The molecule has 1 heterocycles. The van der Waals surface area contributed by atoms with Crippen molar-refractivity contribution >= 4 is 43.5 Å². The second-order valence-electron chi connectivity index (χ2n) is 6.57. The zero-order valence-electron chi connectivity index (χ0n) is 15.0. The average molecular weight is 466 g/mol. The van der Waals surface area contributed by atoms with Gasteiger partial charge in [-0.05, 0) is 49.2 Å². The fraction of sp³-hybridized carbons (Fsp3) is 0.263. The van der Waals surface area contributed by atoms with Crippen molar-refractivity contribution in [3.8, 4) is 0 Å². The Morgan fingerprint density at radius 1 is 1.04 bits per heavy atom. The van der Waals surface area contributed by atoms with Gasteiger partial charge in [0.05, 0.1) is 16.1 Å². The van der Waals surface area contributed by atoms with Gasteiger partial charge < -0.3 is 10.6 Å². The topological polar surface area (TPSA) is 110 Å². The molecule has 3 N–H and O–H groups in total. The quantitative estimate of drug-likeness (QED) is 0.706. The van der Waals surface area contributed by atoms with E-state index >= 15 is 0 Å². The van der Waals surface area contributed by atoms with Crippen LogP contribution in [0.3, 0.4) is 0 Å². The van der Waals surface area contributed by atoms with E-state index in [1.54, 1.807) is 41.3 Å². The highest BCUT2D eigenvalue weighted by Gasteiger charge is 2.28. The number of para-hydroxylation sites is 1. The van der Waals surface area contributed by atoms with Crippen LogP contribution in [0.2, 0.25) is 0 Å². The lowest BCUT2D eigenvalue weighted by Crippen LogP contribution is -2.42. The highest BCUT2D eigenvalue weighted by atomic mass is 79.9. The Bertz CT molecular complexity index is 984. The highest BCUT2D eigenvalue weighted by Crippen LogP contribution is 2.25. The number of halogens is 1. The van der Waals surface area contributed by atoms with Crippen molar-refractivity contribution in [1.82, 2.24) is 4.90 Å². The van der Waals surface area contributed by atoms with Gasteiger partial charge in [0.15, 0.2) is 0 Å². The van der Waals surface area contributed by atoms with Gasteiger partial charge in [0.2, 0.25) is 5.91 Å². The molecule has 2 aromatic rings. The van der Waals surface area contributed by atoms with E-state index in [2.05, 4.69) is 20.7 Å². The maximum Gasteiger partial charge on any atom is 0.261 e. The van der Waals surface area contributed by atoms with Gasteiger partial charge in [-0.2, -0.15) is 0 Å². The zero-order chi connectivity index (χ0) is 20.3. The van der Waals surface area contributed by atoms with E-state index in [9.17, 15) is 18.0 Å². The molecule has 0 saturated carbocycles. The summed E-state index contributed by atoms with van der Waals surface area (Å²) in [6, 6.07) is 12.7. The second kappa shape index (κ2) is 8.32. The Morgan fingerprint density at radius 3 is 2.25 bits per heavy atom. The number of likely N-dealkylation sites (tertiary alicyclic amines) is 1. The number of primary amides is 1. The fourth-order valence-electron chi connectivity index (χ4n) is 3.11. The van der Waals surface area contributed by atoms with Crippen molar-refractivity contribution < 1.29 is 18.0 Å². The lowest BCUT2D eigenvalue weighted by atomic mass is 9.96. The summed E-state index contributed by atoms with van der Waals surface area (Å²) in [6.07, 6.45) is 1.02. The standard InChI is InChI=1S/C19H20BrN3O4S/c20-14-5-7-15(8-6-14)28(26,27)22-17-4-2-1-3-16(17)19(25)23-11-9-13(10-12-23)18(21)24/h1-8,13,22H,9-12H2,(H2,21,24). The van der Waals surface area contributed by atoms with Crippen LogP contribution in [-0.4, -0.2) is 38.2 Å². The number of nitrogens with two attached hydrogens (primary N) is 1. The van der Waals surface area contributed by atoms with Gasteiger partial charge >= 0.3 is 0 Å². The molecule has 0 atom stereocenters. The SMILES string of the molecule is NC(=O)C1CCN(C(=O)c2ccccc2NS(=O)(=O)c2ccc(Br)cc2)CC1. The third-order valence-electron chi connectivity index (χ3n) is 4.71. The summed E-state index contributed by atoms with van der Waals surface area (Å²) >= 11 is 3.27. The van der Waals surface area contributed by atoms with Crippen LogP contribution in [0.25, 0.3) is 0 Å². The van der Waals surface area contributed by atoms with Crippen LogP contribution in [0.15, 0.2) is 57.9 Å². The van der Waals surface area contributed by atoms with Crippen molar-refractivity contribution in [3.05, 3.63) is 58.6 Å². The van der Waals surface area contributed by atoms with Crippen LogP contribution in [0.5, 0.6) is 0 Å². The molecule has 28 heavy (non-hydrogen) atoms. The number of anilines is 1. The molecule has 0 bridgehead atoms. The van der Waals surface area contributed by atoms with E-state index < -0.39 is 10.0 Å². The first kappa shape index (κ1) is 20.3. The summed E-state index contributed by atoms with van der Waals surface area (Å²) in [6.45, 7) is 0.806. The van der Waals surface area contributed by atoms with Gasteiger partial charge in [-0.3, -0.25) is 14.3 Å². The molecule has 1 aliphatic rings.